The van der Waals surface area contributed by atoms with Gasteiger partial charge in [0.05, 0.1) is 19.8 Å². The number of carboxylic acid groups (broad SMARTS) is 1. The number of carboxylic acids is 1. The predicted molar refractivity (Wildman–Crippen MR) is 112 cm³/mol. The first-order chi connectivity index (χ1) is 14.4. The van der Waals surface area contributed by atoms with Gasteiger partial charge in [-0.3, -0.25) is 4.99 Å². The Labute approximate surface area is 178 Å². The summed E-state index contributed by atoms with van der Waals surface area (Å²) < 4.78 is 10.8. The first-order valence-corrected chi connectivity index (χ1v) is 9.86. The molecule has 1 aromatic carbocycles. The molecule has 4 atom stereocenters. The van der Waals surface area contributed by atoms with Crippen molar-refractivity contribution in [3.63, 3.8) is 0 Å². The second-order valence-electron chi connectivity index (χ2n) is 6.43. The molecule has 6 N–H and O–H groups in total. The second-order valence-corrected chi connectivity index (χ2v) is 6.88. The predicted octanol–water partition coefficient (Wildman–Crippen LogP) is -1.12. The van der Waals surface area contributed by atoms with Crippen molar-refractivity contribution in [3.8, 4) is 5.75 Å². The molecule has 0 aliphatic carbocycles. The quantitative estimate of drug-likeness (QED) is 0.135. The Kier molecular flexibility index (Phi) is 9.56. The fraction of sp³-hybridized carbons (Fsp3) is 0.474. The van der Waals surface area contributed by atoms with Gasteiger partial charge in [0.2, 0.25) is 0 Å². The molecule has 2 rings (SSSR count). The molecule has 1 aromatic rings. The highest BCUT2D eigenvalue weighted by atomic mass is 32.1. The fourth-order valence-corrected chi connectivity index (χ4v) is 2.79. The van der Waals surface area contributed by atoms with E-state index in [9.17, 15) is 30.3 Å². The smallest absolute Gasteiger partial charge is 0.352 e. The van der Waals surface area contributed by atoms with Crippen LogP contribution in [0.2, 0.25) is 0 Å². The molecule has 1 aliphatic heterocycles. The van der Waals surface area contributed by atoms with Gasteiger partial charge in [0, 0.05) is 5.75 Å². The van der Waals surface area contributed by atoms with E-state index in [4.69, 9.17) is 9.47 Å². The highest BCUT2D eigenvalue weighted by Crippen LogP contribution is 2.17. The number of benzene rings is 1. The zero-order valence-electron chi connectivity index (χ0n) is 16.1. The largest absolute Gasteiger partial charge is 0.491 e. The van der Waals surface area contributed by atoms with Crippen LogP contribution in [0.25, 0.3) is 6.08 Å². The average Bonchev–Trinajstić information content (AvgIpc) is 2.74. The zero-order valence-corrected chi connectivity index (χ0v) is 17.0. The lowest BCUT2D eigenvalue weighted by Gasteiger charge is -2.33. The van der Waals surface area contributed by atoms with E-state index in [-0.39, 0.29) is 11.5 Å². The van der Waals surface area contributed by atoms with Gasteiger partial charge in [0.25, 0.3) is 0 Å². The molecule has 10 nitrogen and oxygen atoms in total. The van der Waals surface area contributed by atoms with Crippen molar-refractivity contribution in [2.45, 2.75) is 24.4 Å². The molecule has 1 aliphatic rings. The average molecular weight is 442 g/mol. The number of aliphatic imine (C=N–C) groups is 1. The molecular weight excluding hydrogens is 416 g/mol. The summed E-state index contributed by atoms with van der Waals surface area (Å²) in [6, 6.07) is 5.53. The molecule has 0 unspecified atom stereocenters. The summed E-state index contributed by atoms with van der Waals surface area (Å²) in [5.74, 6) is -0.374. The SMILES string of the molecule is O=C(O)/C(=C/c1ccc(OCCOCCS)cc1)NC1=N[C@H](CO)[C@@H](O)[C@H](O)[C@H]1O. The molecule has 0 radical (unpaired) electrons. The maximum atomic E-state index is 11.6. The van der Waals surface area contributed by atoms with Gasteiger partial charge in [-0.2, -0.15) is 12.6 Å². The van der Waals surface area contributed by atoms with Crippen LogP contribution < -0.4 is 10.1 Å². The van der Waals surface area contributed by atoms with Crippen LogP contribution in [0.3, 0.4) is 0 Å². The van der Waals surface area contributed by atoms with E-state index in [0.29, 0.717) is 36.9 Å². The number of hydrogen-bond donors (Lipinski definition) is 7. The lowest BCUT2D eigenvalue weighted by Crippen LogP contribution is -2.56. The lowest BCUT2D eigenvalue weighted by molar-refractivity contribution is -0.132. The van der Waals surface area contributed by atoms with Crippen molar-refractivity contribution in [3.05, 3.63) is 35.5 Å². The van der Waals surface area contributed by atoms with E-state index < -0.39 is 36.9 Å². The molecule has 0 saturated heterocycles. The standard InChI is InChI=1S/C19H26N2O8S/c22-10-14-15(23)16(24)17(25)18(21-14)20-13(19(26)27)9-11-1-3-12(4-2-11)29-6-5-28-7-8-30/h1-4,9,14-17,22-25,30H,5-8,10H2,(H,20,21)(H,26,27)/b13-9-/t14-,15-,16+,17-/m1/s1. The van der Waals surface area contributed by atoms with E-state index in [0.717, 1.165) is 0 Å². The first kappa shape index (κ1) is 24.1. The van der Waals surface area contributed by atoms with Crippen LogP contribution in [0.5, 0.6) is 5.75 Å². The molecule has 0 fully saturated rings. The second kappa shape index (κ2) is 11.9. The van der Waals surface area contributed by atoms with E-state index in [1.807, 2.05) is 0 Å². The molecule has 30 heavy (non-hydrogen) atoms. The number of amidine groups is 1. The van der Waals surface area contributed by atoms with Crippen LogP contribution in [-0.2, 0) is 9.53 Å². The highest BCUT2D eigenvalue weighted by molar-refractivity contribution is 7.80. The minimum absolute atomic E-state index is 0.262. The monoisotopic (exact) mass is 442 g/mol. The molecule has 166 valence electrons. The Morgan fingerprint density at radius 1 is 1.13 bits per heavy atom. The molecule has 0 bridgehead atoms. The molecule has 11 heteroatoms. The van der Waals surface area contributed by atoms with Gasteiger partial charge in [-0.15, -0.1) is 0 Å². The van der Waals surface area contributed by atoms with E-state index >= 15 is 0 Å². The third kappa shape index (κ3) is 6.69. The van der Waals surface area contributed by atoms with E-state index in [1.165, 1.54) is 6.08 Å². The van der Waals surface area contributed by atoms with Crippen molar-refractivity contribution >= 4 is 30.5 Å². The van der Waals surface area contributed by atoms with Crippen LogP contribution >= 0.6 is 12.6 Å². The minimum atomic E-state index is -1.63. The molecule has 0 spiro atoms. The number of nitrogens with one attached hydrogen (secondary N) is 1. The summed E-state index contributed by atoms with van der Waals surface area (Å²) in [4.78, 5) is 15.5. The first-order valence-electron chi connectivity index (χ1n) is 9.23. The summed E-state index contributed by atoms with van der Waals surface area (Å²) in [5.41, 5.74) is 0.214. The van der Waals surface area contributed by atoms with Gasteiger partial charge < -0.3 is 40.3 Å². The fourth-order valence-electron chi connectivity index (χ4n) is 2.66. The Bertz CT molecular complexity index is 755. The maximum absolute atomic E-state index is 11.6. The molecule has 0 saturated carbocycles. The lowest BCUT2D eigenvalue weighted by atomic mass is 9.97. The maximum Gasteiger partial charge on any atom is 0.352 e. The minimum Gasteiger partial charge on any atom is -0.491 e. The normalized spacial score (nSPS) is 24.3. The van der Waals surface area contributed by atoms with E-state index in [1.54, 1.807) is 24.3 Å². The molecule has 1 heterocycles. The van der Waals surface area contributed by atoms with Crippen molar-refractivity contribution in [2.75, 3.05) is 32.2 Å². The van der Waals surface area contributed by atoms with Crippen molar-refractivity contribution < 1.29 is 39.8 Å². The summed E-state index contributed by atoms with van der Waals surface area (Å²) in [6.45, 7) is 0.748. The summed E-state index contributed by atoms with van der Waals surface area (Å²) in [5, 5.41) is 50.9. The van der Waals surface area contributed by atoms with Crippen LogP contribution in [-0.4, -0.2) is 93.9 Å². The number of carbonyl (C=O) groups is 1. The number of ether oxygens (including phenoxy) is 2. The molecule has 0 amide bonds. The van der Waals surface area contributed by atoms with Crippen molar-refractivity contribution in [2.24, 2.45) is 4.99 Å². The highest BCUT2D eigenvalue weighted by Gasteiger charge is 2.39. The van der Waals surface area contributed by atoms with Crippen LogP contribution in [0.4, 0.5) is 0 Å². The number of aliphatic hydroxyl groups excluding tert-OH is 4. The number of aliphatic carboxylic acids is 1. The Balaban J connectivity index is 2.08. The van der Waals surface area contributed by atoms with E-state index in [2.05, 4.69) is 22.9 Å². The van der Waals surface area contributed by atoms with Gasteiger partial charge in [-0.25, -0.2) is 4.79 Å². The number of nitrogens with zero attached hydrogens (tertiary/aromatic N) is 1. The van der Waals surface area contributed by atoms with Gasteiger partial charge in [0.1, 0.15) is 48.2 Å². The van der Waals surface area contributed by atoms with Crippen LogP contribution in [0.15, 0.2) is 35.0 Å². The van der Waals surface area contributed by atoms with Crippen LogP contribution in [0, 0.1) is 0 Å². The number of hydrogen-bond acceptors (Lipinski definition) is 10. The Hall–Kier alpha value is -2.15. The van der Waals surface area contributed by atoms with Crippen LogP contribution in [0.1, 0.15) is 5.56 Å². The van der Waals surface area contributed by atoms with Gasteiger partial charge in [0.15, 0.2) is 0 Å². The summed E-state index contributed by atoms with van der Waals surface area (Å²) in [6.07, 6.45) is -3.41. The zero-order chi connectivity index (χ0) is 22.1. The van der Waals surface area contributed by atoms with Gasteiger partial charge in [-0.05, 0) is 23.8 Å². The summed E-state index contributed by atoms with van der Waals surface area (Å²) in [7, 11) is 0. The number of rotatable bonds is 10. The topological polar surface area (TPSA) is 161 Å². The van der Waals surface area contributed by atoms with Gasteiger partial charge >= 0.3 is 5.97 Å². The van der Waals surface area contributed by atoms with Crippen molar-refractivity contribution in [1.82, 2.24) is 5.32 Å². The third-order valence-corrected chi connectivity index (χ3v) is 4.44. The molecular formula is C19H26N2O8S. The number of thiol groups is 1. The van der Waals surface area contributed by atoms with Crippen molar-refractivity contribution in [1.29, 1.82) is 0 Å². The molecule has 0 aromatic heterocycles. The summed E-state index contributed by atoms with van der Waals surface area (Å²) >= 11 is 4.04. The number of aliphatic hydroxyl groups is 4. The Morgan fingerprint density at radius 2 is 1.83 bits per heavy atom. The van der Waals surface area contributed by atoms with Gasteiger partial charge in [-0.1, -0.05) is 12.1 Å². The third-order valence-electron chi connectivity index (χ3n) is 4.26. The Morgan fingerprint density at radius 3 is 2.43 bits per heavy atom.